The van der Waals surface area contributed by atoms with E-state index >= 15 is 0 Å². The van der Waals surface area contributed by atoms with E-state index in [2.05, 4.69) is 0 Å². The third-order valence-electron chi connectivity index (χ3n) is 3.62. The van der Waals surface area contributed by atoms with E-state index < -0.39 is 6.10 Å². The molecule has 0 saturated carbocycles. The molecule has 0 fully saturated rings. The number of aliphatic hydroxyl groups excluding tert-OH is 1. The second kappa shape index (κ2) is 7.86. The Morgan fingerprint density at radius 3 is 2.59 bits per heavy atom. The first-order valence-electron chi connectivity index (χ1n) is 7.27. The summed E-state index contributed by atoms with van der Waals surface area (Å²) in [6, 6.07) is 10.1. The van der Waals surface area contributed by atoms with Crippen molar-refractivity contribution in [3.05, 3.63) is 45.7 Å². The third kappa shape index (κ3) is 3.53. The van der Waals surface area contributed by atoms with Crippen LogP contribution in [0.3, 0.4) is 0 Å². The molecule has 1 aromatic carbocycles. The van der Waals surface area contributed by atoms with E-state index in [0.29, 0.717) is 6.61 Å². The minimum Gasteiger partial charge on any atom is -0.394 e. The molecular formula is C16H20O4S2. The van der Waals surface area contributed by atoms with Crippen LogP contribution in [-0.2, 0) is 20.8 Å². The largest absolute Gasteiger partial charge is 0.394 e. The van der Waals surface area contributed by atoms with Crippen LogP contribution < -0.4 is 0 Å². The zero-order valence-electron chi connectivity index (χ0n) is 12.4. The standard InChI is InChI=1S/C16H20O4S2/c1-18-16-15-14(21-7-8-22-15)13(12(9-17)20-16)19-10-11-5-3-2-4-6-11/h2-6,12-13,16-17H,7-10H2,1H3/t12-,13-,16+/m0/s1. The molecule has 1 N–H and O–H groups in total. The Labute approximate surface area is 139 Å². The van der Waals surface area contributed by atoms with Crippen LogP contribution in [0.5, 0.6) is 0 Å². The van der Waals surface area contributed by atoms with Crippen LogP contribution in [0.2, 0.25) is 0 Å². The molecule has 22 heavy (non-hydrogen) atoms. The number of benzene rings is 1. The summed E-state index contributed by atoms with van der Waals surface area (Å²) in [4.78, 5) is 2.26. The van der Waals surface area contributed by atoms with Crippen LogP contribution >= 0.6 is 23.5 Å². The zero-order chi connectivity index (χ0) is 15.4. The van der Waals surface area contributed by atoms with Gasteiger partial charge in [0.15, 0.2) is 6.29 Å². The normalized spacial score (nSPS) is 28.5. The first-order chi connectivity index (χ1) is 10.8. The van der Waals surface area contributed by atoms with Crippen molar-refractivity contribution < 1.29 is 19.3 Å². The second-order valence-corrected chi connectivity index (χ2v) is 7.34. The minimum absolute atomic E-state index is 0.0820. The van der Waals surface area contributed by atoms with Crippen molar-refractivity contribution in [1.29, 1.82) is 0 Å². The summed E-state index contributed by atoms with van der Waals surface area (Å²) in [5.74, 6) is 2.09. The molecule has 4 nitrogen and oxygen atoms in total. The molecule has 0 spiro atoms. The van der Waals surface area contributed by atoms with Gasteiger partial charge in [-0.2, -0.15) is 0 Å². The fourth-order valence-electron chi connectivity index (χ4n) is 2.56. The lowest BCUT2D eigenvalue weighted by atomic mass is 10.1. The van der Waals surface area contributed by atoms with E-state index in [-0.39, 0.29) is 19.0 Å². The molecule has 6 heteroatoms. The lowest BCUT2D eigenvalue weighted by Crippen LogP contribution is -2.45. The lowest BCUT2D eigenvalue weighted by molar-refractivity contribution is -0.182. The number of thioether (sulfide) groups is 2. The van der Waals surface area contributed by atoms with Crippen molar-refractivity contribution in [2.45, 2.75) is 25.1 Å². The molecule has 0 saturated heterocycles. The molecule has 0 radical (unpaired) electrons. The molecule has 0 aliphatic carbocycles. The van der Waals surface area contributed by atoms with E-state index in [1.165, 1.54) is 0 Å². The van der Waals surface area contributed by atoms with Gasteiger partial charge in [0.25, 0.3) is 0 Å². The Morgan fingerprint density at radius 1 is 1.18 bits per heavy atom. The van der Waals surface area contributed by atoms with Crippen molar-refractivity contribution >= 4 is 23.5 Å². The van der Waals surface area contributed by atoms with E-state index in [0.717, 1.165) is 26.9 Å². The van der Waals surface area contributed by atoms with Gasteiger partial charge in [-0.3, -0.25) is 0 Å². The highest BCUT2D eigenvalue weighted by molar-refractivity contribution is 8.10. The zero-order valence-corrected chi connectivity index (χ0v) is 14.1. The molecular weight excluding hydrogens is 320 g/mol. The molecule has 2 aliphatic heterocycles. The fraction of sp³-hybridized carbons (Fsp3) is 0.500. The van der Waals surface area contributed by atoms with Gasteiger partial charge in [-0.15, -0.1) is 23.5 Å². The van der Waals surface area contributed by atoms with Crippen molar-refractivity contribution in [2.24, 2.45) is 0 Å². The molecule has 3 rings (SSSR count). The van der Waals surface area contributed by atoms with Crippen molar-refractivity contribution in [3.8, 4) is 0 Å². The lowest BCUT2D eigenvalue weighted by Gasteiger charge is -2.39. The maximum absolute atomic E-state index is 9.66. The summed E-state index contributed by atoms with van der Waals surface area (Å²) in [7, 11) is 1.63. The predicted octanol–water partition coefficient (Wildman–Crippen LogP) is 2.63. The van der Waals surface area contributed by atoms with E-state index in [4.69, 9.17) is 14.2 Å². The van der Waals surface area contributed by atoms with Gasteiger partial charge >= 0.3 is 0 Å². The number of hydrogen-bond acceptors (Lipinski definition) is 6. The summed E-state index contributed by atoms with van der Waals surface area (Å²) in [5.41, 5.74) is 1.11. The first kappa shape index (κ1) is 16.4. The SMILES string of the molecule is CO[C@@H]1O[C@@H](CO)[C@H](OCc2ccccc2)C2=C1SCCS2. The summed E-state index contributed by atoms with van der Waals surface area (Å²) >= 11 is 3.56. The number of methoxy groups -OCH3 is 1. The number of ether oxygens (including phenoxy) is 3. The molecule has 0 unspecified atom stereocenters. The Hall–Kier alpha value is -0.500. The fourth-order valence-corrected chi connectivity index (χ4v) is 5.19. The Bertz CT molecular complexity index is 520. The van der Waals surface area contributed by atoms with Gasteiger partial charge in [0.2, 0.25) is 0 Å². The van der Waals surface area contributed by atoms with E-state index in [1.807, 2.05) is 30.3 Å². The van der Waals surface area contributed by atoms with Crippen LogP contribution in [0.15, 0.2) is 40.1 Å². The first-order valence-corrected chi connectivity index (χ1v) is 9.25. The van der Waals surface area contributed by atoms with Crippen LogP contribution in [0, 0.1) is 0 Å². The topological polar surface area (TPSA) is 47.9 Å². The highest BCUT2D eigenvalue weighted by Crippen LogP contribution is 2.44. The van der Waals surface area contributed by atoms with Crippen LogP contribution in [0.25, 0.3) is 0 Å². The van der Waals surface area contributed by atoms with Crippen molar-refractivity contribution in [2.75, 3.05) is 25.2 Å². The summed E-state index contributed by atoms with van der Waals surface area (Å²) in [5, 5.41) is 9.66. The highest BCUT2D eigenvalue weighted by atomic mass is 32.2. The maximum Gasteiger partial charge on any atom is 0.190 e. The van der Waals surface area contributed by atoms with Gasteiger partial charge in [0.05, 0.1) is 18.1 Å². The molecule has 120 valence electrons. The molecule has 2 heterocycles. The molecule has 0 bridgehead atoms. The summed E-state index contributed by atoms with van der Waals surface area (Å²) in [6.07, 6.45) is -1.01. The smallest absolute Gasteiger partial charge is 0.190 e. The Kier molecular flexibility index (Phi) is 5.84. The number of hydrogen-bond donors (Lipinski definition) is 1. The van der Waals surface area contributed by atoms with E-state index in [9.17, 15) is 5.11 Å². The van der Waals surface area contributed by atoms with Crippen LogP contribution in [0.1, 0.15) is 5.56 Å². The summed E-state index contributed by atoms with van der Waals surface area (Å²) < 4.78 is 17.4. The molecule has 2 aliphatic rings. The number of rotatable bonds is 5. The predicted molar refractivity (Wildman–Crippen MR) is 89.7 cm³/mol. The van der Waals surface area contributed by atoms with Crippen molar-refractivity contribution in [3.63, 3.8) is 0 Å². The van der Waals surface area contributed by atoms with Gasteiger partial charge in [-0.25, -0.2) is 0 Å². The monoisotopic (exact) mass is 340 g/mol. The third-order valence-corrected chi connectivity index (χ3v) is 6.31. The van der Waals surface area contributed by atoms with Crippen LogP contribution in [0.4, 0.5) is 0 Å². The van der Waals surface area contributed by atoms with E-state index in [1.54, 1.807) is 30.6 Å². The van der Waals surface area contributed by atoms with Gasteiger partial charge in [0, 0.05) is 23.5 Å². The van der Waals surface area contributed by atoms with Crippen molar-refractivity contribution in [1.82, 2.24) is 0 Å². The van der Waals surface area contributed by atoms with Gasteiger partial charge in [-0.05, 0) is 5.56 Å². The average molecular weight is 340 g/mol. The Balaban J connectivity index is 1.79. The molecule has 0 aromatic heterocycles. The van der Waals surface area contributed by atoms with Gasteiger partial charge in [0.1, 0.15) is 12.2 Å². The average Bonchev–Trinajstić information content (AvgIpc) is 2.60. The highest BCUT2D eigenvalue weighted by Gasteiger charge is 2.40. The summed E-state index contributed by atoms with van der Waals surface area (Å²) in [6.45, 7) is 0.423. The van der Waals surface area contributed by atoms with Gasteiger partial charge < -0.3 is 19.3 Å². The quantitative estimate of drug-likeness (QED) is 0.889. The second-order valence-electron chi connectivity index (χ2n) is 5.07. The van der Waals surface area contributed by atoms with Gasteiger partial charge in [-0.1, -0.05) is 30.3 Å². The van der Waals surface area contributed by atoms with Crippen LogP contribution in [-0.4, -0.2) is 48.8 Å². The minimum atomic E-state index is -0.390. The molecule has 3 atom stereocenters. The number of aliphatic hydroxyl groups is 1. The maximum atomic E-state index is 9.66. The molecule has 0 amide bonds. The molecule has 1 aromatic rings. The Morgan fingerprint density at radius 2 is 1.91 bits per heavy atom.